The SMILES string of the molecule is CCCCC/C=C\C/C=C\CCCCCCCCCC(=O)NC(COP(=O)(O)OCC[N+](C)(C)C)C(O)CCCCCCCCCCCCCCCCCC. The van der Waals surface area contributed by atoms with E-state index in [0.29, 0.717) is 23.9 Å². The molecule has 3 atom stereocenters. The zero-order valence-electron chi connectivity index (χ0n) is 36.9. The molecule has 0 heterocycles. The molecular weight excluding hydrogens is 707 g/mol. The Bertz CT molecular complexity index is 953. The maximum atomic E-state index is 12.9. The molecule has 0 aromatic heterocycles. The van der Waals surface area contributed by atoms with Crippen molar-refractivity contribution >= 4 is 13.7 Å². The number of aliphatic hydroxyl groups is 1. The fourth-order valence-electron chi connectivity index (χ4n) is 6.72. The number of likely N-dealkylation sites (N-methyl/N-ethyl adjacent to an activating group) is 1. The molecule has 0 radical (unpaired) electrons. The number of quaternary nitrogens is 1. The lowest BCUT2D eigenvalue weighted by atomic mass is 10.0. The van der Waals surface area contributed by atoms with Crippen molar-refractivity contribution in [2.24, 2.45) is 0 Å². The number of carbonyl (C=O) groups excluding carboxylic acids is 1. The van der Waals surface area contributed by atoms with E-state index >= 15 is 0 Å². The molecule has 3 unspecified atom stereocenters. The molecule has 0 aromatic rings. The van der Waals surface area contributed by atoms with E-state index in [0.717, 1.165) is 51.4 Å². The molecule has 0 aliphatic heterocycles. The summed E-state index contributed by atoms with van der Waals surface area (Å²) in [5.74, 6) is -0.152. The van der Waals surface area contributed by atoms with E-state index in [1.54, 1.807) is 0 Å². The van der Waals surface area contributed by atoms with Crippen LogP contribution in [0.3, 0.4) is 0 Å². The van der Waals surface area contributed by atoms with Gasteiger partial charge >= 0.3 is 7.82 Å². The lowest BCUT2D eigenvalue weighted by Crippen LogP contribution is -2.46. The molecule has 0 aliphatic carbocycles. The molecule has 9 heteroatoms. The van der Waals surface area contributed by atoms with Crippen molar-refractivity contribution in [2.75, 3.05) is 40.9 Å². The Morgan fingerprint density at radius 2 is 1.04 bits per heavy atom. The van der Waals surface area contributed by atoms with Crippen LogP contribution in [0.4, 0.5) is 0 Å². The quantitative estimate of drug-likeness (QED) is 0.0246. The van der Waals surface area contributed by atoms with Gasteiger partial charge in [0.2, 0.25) is 5.91 Å². The summed E-state index contributed by atoms with van der Waals surface area (Å²) in [6, 6.07) is -0.762. The van der Waals surface area contributed by atoms with Crippen LogP contribution in [0.15, 0.2) is 24.3 Å². The number of amides is 1. The molecule has 0 bridgehead atoms. The number of rotatable bonds is 42. The number of carbonyl (C=O) groups is 1. The van der Waals surface area contributed by atoms with Crippen LogP contribution in [0.5, 0.6) is 0 Å². The van der Waals surface area contributed by atoms with Crippen LogP contribution in [-0.4, -0.2) is 73.4 Å². The molecule has 0 saturated carbocycles. The molecule has 0 aliphatic rings. The van der Waals surface area contributed by atoms with Gasteiger partial charge in [0, 0.05) is 6.42 Å². The smallest absolute Gasteiger partial charge is 0.391 e. The van der Waals surface area contributed by atoms with Crippen LogP contribution in [0.25, 0.3) is 0 Å². The molecule has 3 N–H and O–H groups in total. The maximum absolute atomic E-state index is 12.9. The topological polar surface area (TPSA) is 105 Å². The van der Waals surface area contributed by atoms with Gasteiger partial charge < -0.3 is 19.8 Å². The number of nitrogens with zero attached hydrogens (tertiary/aromatic N) is 1. The van der Waals surface area contributed by atoms with Crippen molar-refractivity contribution in [1.29, 1.82) is 0 Å². The lowest BCUT2D eigenvalue weighted by Gasteiger charge is -2.26. The second-order valence-corrected chi connectivity index (χ2v) is 18.6. The molecule has 0 spiro atoms. The zero-order valence-corrected chi connectivity index (χ0v) is 37.8. The van der Waals surface area contributed by atoms with Crippen molar-refractivity contribution in [1.82, 2.24) is 5.32 Å². The van der Waals surface area contributed by atoms with Gasteiger partial charge in [-0.15, -0.1) is 0 Å². The second-order valence-electron chi connectivity index (χ2n) is 17.1. The van der Waals surface area contributed by atoms with Gasteiger partial charge in [0.1, 0.15) is 13.2 Å². The molecule has 0 saturated heterocycles. The molecule has 326 valence electrons. The van der Waals surface area contributed by atoms with Crippen LogP contribution < -0.4 is 5.32 Å². The largest absolute Gasteiger partial charge is 0.472 e. The monoisotopic (exact) mass is 800 g/mol. The zero-order chi connectivity index (χ0) is 40.7. The van der Waals surface area contributed by atoms with Gasteiger partial charge in [-0.3, -0.25) is 13.8 Å². The van der Waals surface area contributed by atoms with Gasteiger partial charge in [-0.25, -0.2) is 4.57 Å². The first-order valence-electron chi connectivity index (χ1n) is 23.2. The molecule has 0 fully saturated rings. The first kappa shape index (κ1) is 54.0. The average molecular weight is 800 g/mol. The van der Waals surface area contributed by atoms with Gasteiger partial charge in [0.15, 0.2) is 0 Å². The Morgan fingerprint density at radius 1 is 0.618 bits per heavy atom. The summed E-state index contributed by atoms with van der Waals surface area (Å²) < 4.78 is 23.6. The van der Waals surface area contributed by atoms with Crippen molar-refractivity contribution in [3.8, 4) is 0 Å². The summed E-state index contributed by atoms with van der Waals surface area (Å²) in [4.78, 5) is 23.2. The fourth-order valence-corrected chi connectivity index (χ4v) is 7.46. The summed E-state index contributed by atoms with van der Waals surface area (Å²) in [6.07, 6.45) is 44.8. The van der Waals surface area contributed by atoms with E-state index in [2.05, 4.69) is 43.5 Å². The number of aliphatic hydroxyl groups excluding tert-OH is 1. The predicted octanol–water partition coefficient (Wildman–Crippen LogP) is 12.9. The summed E-state index contributed by atoms with van der Waals surface area (Å²) >= 11 is 0. The summed E-state index contributed by atoms with van der Waals surface area (Å²) in [5.41, 5.74) is 0. The van der Waals surface area contributed by atoms with Crippen LogP contribution in [0.2, 0.25) is 0 Å². The van der Waals surface area contributed by atoms with E-state index in [9.17, 15) is 19.4 Å². The first-order chi connectivity index (χ1) is 26.5. The summed E-state index contributed by atoms with van der Waals surface area (Å²) in [5, 5.41) is 14.0. The summed E-state index contributed by atoms with van der Waals surface area (Å²) in [6.45, 7) is 4.86. The number of unbranched alkanes of at least 4 members (excludes halogenated alkanes) is 25. The Kier molecular flexibility index (Phi) is 37.8. The minimum atomic E-state index is -4.31. The predicted molar refractivity (Wildman–Crippen MR) is 235 cm³/mol. The molecule has 0 rings (SSSR count). The number of nitrogens with one attached hydrogen (secondary N) is 1. The first-order valence-corrected chi connectivity index (χ1v) is 24.7. The number of hydrogen-bond donors (Lipinski definition) is 3. The van der Waals surface area contributed by atoms with E-state index in [1.165, 1.54) is 135 Å². The van der Waals surface area contributed by atoms with Crippen molar-refractivity contribution < 1.29 is 32.9 Å². The van der Waals surface area contributed by atoms with Gasteiger partial charge in [0.05, 0.1) is 39.9 Å². The van der Waals surface area contributed by atoms with Gasteiger partial charge in [-0.05, 0) is 44.9 Å². The standard InChI is InChI=1S/C46H91N2O6P/c1-6-8-10-12-14-16-18-20-22-24-26-28-30-32-34-36-38-40-46(50)47-44(43-54-55(51,52)53-42-41-48(3,4)5)45(49)39-37-35-33-31-29-27-25-23-21-19-17-15-13-11-9-7-2/h14,16,20,22,44-45,49H,6-13,15,17-19,21,23-43H2,1-5H3,(H-,47,50,51,52)/p+1/b16-14-,22-20-. The maximum Gasteiger partial charge on any atom is 0.472 e. The Morgan fingerprint density at radius 3 is 1.53 bits per heavy atom. The Balaban J connectivity index is 4.35. The minimum Gasteiger partial charge on any atom is -0.391 e. The van der Waals surface area contributed by atoms with Crippen LogP contribution >= 0.6 is 7.82 Å². The van der Waals surface area contributed by atoms with E-state index in [-0.39, 0.29) is 19.1 Å². The van der Waals surface area contributed by atoms with Crippen LogP contribution in [0.1, 0.15) is 213 Å². The second kappa shape index (κ2) is 38.5. The third-order valence-electron chi connectivity index (χ3n) is 10.5. The third kappa shape index (κ3) is 41.0. The van der Waals surface area contributed by atoms with Crippen molar-refractivity contribution in [2.45, 2.75) is 225 Å². The molecule has 0 aromatic carbocycles. The molecule has 8 nitrogen and oxygen atoms in total. The molecular formula is C46H92N2O6P+. The van der Waals surface area contributed by atoms with Crippen molar-refractivity contribution in [3.05, 3.63) is 24.3 Å². The highest BCUT2D eigenvalue weighted by Crippen LogP contribution is 2.43. The molecule has 1 amide bonds. The van der Waals surface area contributed by atoms with Crippen LogP contribution in [-0.2, 0) is 18.4 Å². The van der Waals surface area contributed by atoms with Gasteiger partial charge in [-0.2, -0.15) is 0 Å². The van der Waals surface area contributed by atoms with E-state index in [1.807, 2.05) is 21.1 Å². The molecule has 55 heavy (non-hydrogen) atoms. The highest BCUT2D eigenvalue weighted by atomic mass is 31.2. The number of phosphoric acid groups is 1. The highest BCUT2D eigenvalue weighted by Gasteiger charge is 2.28. The minimum absolute atomic E-state index is 0.0736. The Labute approximate surface area is 341 Å². The number of hydrogen-bond acceptors (Lipinski definition) is 5. The normalized spacial score (nSPS) is 14.5. The fraction of sp³-hybridized carbons (Fsp3) is 0.891. The van der Waals surface area contributed by atoms with E-state index in [4.69, 9.17) is 9.05 Å². The van der Waals surface area contributed by atoms with Gasteiger partial charge in [0.25, 0.3) is 0 Å². The summed E-state index contributed by atoms with van der Waals surface area (Å²) in [7, 11) is 1.61. The highest BCUT2D eigenvalue weighted by molar-refractivity contribution is 7.47. The number of phosphoric ester groups is 1. The lowest BCUT2D eigenvalue weighted by molar-refractivity contribution is -0.870. The third-order valence-corrected chi connectivity index (χ3v) is 11.4. The average Bonchev–Trinajstić information content (AvgIpc) is 3.13. The van der Waals surface area contributed by atoms with Crippen molar-refractivity contribution in [3.63, 3.8) is 0 Å². The van der Waals surface area contributed by atoms with Crippen LogP contribution in [0, 0.1) is 0 Å². The van der Waals surface area contributed by atoms with Gasteiger partial charge in [-0.1, -0.05) is 186 Å². The number of allylic oxidation sites excluding steroid dienone is 4. The van der Waals surface area contributed by atoms with E-state index < -0.39 is 20.0 Å². The Hall–Kier alpha value is -1.02.